The molecule has 2 rings (SSSR count). The summed E-state index contributed by atoms with van der Waals surface area (Å²) in [4.78, 5) is 2.61. The van der Waals surface area contributed by atoms with E-state index in [1.807, 2.05) is 0 Å². The Kier molecular flexibility index (Phi) is 13.2. The van der Waals surface area contributed by atoms with E-state index in [4.69, 9.17) is 26.4 Å². The first-order chi connectivity index (χ1) is 18.7. The van der Waals surface area contributed by atoms with Crippen LogP contribution in [-0.2, 0) is 71.5 Å². The number of azide groups is 1. The molecule has 0 aliphatic heterocycles. The second-order valence-corrected chi connectivity index (χ2v) is 17.6. The fourth-order valence-electron chi connectivity index (χ4n) is 3.91. The lowest BCUT2D eigenvalue weighted by atomic mass is 9.92. The van der Waals surface area contributed by atoms with Gasteiger partial charge in [-0.05, 0) is 32.2 Å². The minimum absolute atomic E-state index is 0.0525. The summed E-state index contributed by atoms with van der Waals surface area (Å²) in [5.74, 6) is 0. The molecule has 2 aliphatic carbocycles. The lowest BCUT2D eigenvalue weighted by Gasteiger charge is -2.33. The number of hydrogen-bond acceptors (Lipinski definition) is 16. The maximum atomic E-state index is 11.4. The third kappa shape index (κ3) is 15.7. The largest absolute Gasteiger partial charge is 0.265 e. The summed E-state index contributed by atoms with van der Waals surface area (Å²) < 4.78 is 137. The van der Waals surface area contributed by atoms with E-state index < -0.39 is 87.2 Å². The maximum absolute atomic E-state index is 11.4. The summed E-state index contributed by atoms with van der Waals surface area (Å²) in [7, 11) is -19.5. The molecule has 0 N–H and O–H groups in total. The lowest BCUT2D eigenvalue weighted by molar-refractivity contribution is -0.00141. The van der Waals surface area contributed by atoms with Gasteiger partial charge in [0.05, 0.1) is 37.3 Å². The molecule has 0 aromatic rings. The highest BCUT2D eigenvalue weighted by molar-refractivity contribution is 7.87. The topological polar surface area (TPSA) is 266 Å². The third-order valence-electron chi connectivity index (χ3n) is 4.98. The Hall–Kier alpha value is -1.66. The zero-order valence-corrected chi connectivity index (χ0v) is 27.6. The molecule has 0 radical (unpaired) electrons. The van der Waals surface area contributed by atoms with Gasteiger partial charge in [0.1, 0.15) is 30.5 Å². The van der Waals surface area contributed by atoms with Gasteiger partial charge in [0.25, 0.3) is 50.6 Å². The quantitative estimate of drug-likeness (QED) is 0.0906. The van der Waals surface area contributed by atoms with Crippen molar-refractivity contribution in [3.63, 3.8) is 0 Å². The van der Waals surface area contributed by atoms with Crippen LogP contribution >= 0.6 is 0 Å². The Labute approximate surface area is 246 Å². The monoisotopic (exact) mass is 703 g/mol. The molecule has 244 valence electrons. The van der Waals surface area contributed by atoms with Crippen molar-refractivity contribution in [3.8, 4) is 0 Å². The average molecular weight is 704 g/mol. The predicted octanol–water partition coefficient (Wildman–Crippen LogP) is 0.0757. The summed E-state index contributed by atoms with van der Waals surface area (Å²) in [5.41, 5.74) is 9.80. The van der Waals surface area contributed by atoms with Gasteiger partial charge < -0.3 is 0 Å². The Morgan fingerprint density at radius 1 is 0.619 bits per heavy atom. The van der Waals surface area contributed by atoms with Crippen molar-refractivity contribution in [2.75, 3.05) is 31.3 Å². The van der Waals surface area contributed by atoms with Gasteiger partial charge in [-0.3, -0.25) is 20.9 Å². The fraction of sp³-hybridized carbons (Fsp3) is 0.789. The second-order valence-electron chi connectivity index (χ2n) is 9.60. The molecule has 0 amide bonds. The van der Waals surface area contributed by atoms with Crippen LogP contribution in [0.15, 0.2) is 28.4 Å². The van der Waals surface area contributed by atoms with E-state index in [1.54, 1.807) is 13.8 Å². The SMILES string of the molecule is CC1=C[C@H](N=[N+]=[N-])[C@@H](OS(C)(=O)=O)[C@H](OS(C)(=O)=O)C1.CC1=C[C@H](OS(C)(=O)=O)[C@@H](OS(C)(=O)=O)[C@H](OS(C)(=O)=O)C1. The Morgan fingerprint density at radius 3 is 1.36 bits per heavy atom. The molecular formula is C19H33N3O15S5. The standard InChI is InChI=1S/C10H18O9S3.C9H15N3O6S2/c1-7-5-8(17-20(2,11)12)10(19-22(4,15)16)9(6-7)18-21(3,13)14;1-6-4-7(11-12-10)9(18-20(3,15)16)8(5-6)17-19(2,13)14/h5,8-10H,6H2,1-4H3;4,7-9H,5H2,1-3H3/t8-,9+,10+;7-,8+,9+/m00/s1. The Morgan fingerprint density at radius 2 is 0.976 bits per heavy atom. The van der Waals surface area contributed by atoms with Crippen molar-refractivity contribution in [1.82, 2.24) is 0 Å². The van der Waals surface area contributed by atoms with E-state index >= 15 is 0 Å². The molecule has 6 atom stereocenters. The van der Waals surface area contributed by atoms with Crippen LogP contribution in [0.3, 0.4) is 0 Å². The molecule has 0 saturated heterocycles. The molecule has 0 aromatic heterocycles. The van der Waals surface area contributed by atoms with Gasteiger partial charge >= 0.3 is 0 Å². The minimum atomic E-state index is -4.00. The highest BCUT2D eigenvalue weighted by Crippen LogP contribution is 2.30. The number of nitrogens with zero attached hydrogens (tertiary/aromatic N) is 3. The van der Waals surface area contributed by atoms with Gasteiger partial charge in [-0.15, -0.1) is 0 Å². The molecule has 0 saturated carbocycles. The normalized spacial score (nSPS) is 27.5. The fourth-order valence-corrected chi connectivity index (χ4v) is 7.01. The first-order valence-electron chi connectivity index (χ1n) is 11.5. The summed E-state index contributed by atoms with van der Waals surface area (Å²) in [6.07, 6.45) is 0.836. The van der Waals surface area contributed by atoms with E-state index in [0.717, 1.165) is 31.3 Å². The lowest BCUT2D eigenvalue weighted by Crippen LogP contribution is -2.47. The molecule has 0 bridgehead atoms. The van der Waals surface area contributed by atoms with E-state index in [2.05, 4.69) is 10.0 Å². The van der Waals surface area contributed by atoms with Crippen molar-refractivity contribution in [1.29, 1.82) is 0 Å². The van der Waals surface area contributed by atoms with Crippen LogP contribution in [0.2, 0.25) is 0 Å². The van der Waals surface area contributed by atoms with Crippen molar-refractivity contribution in [3.05, 3.63) is 33.7 Å². The van der Waals surface area contributed by atoms with Crippen LogP contribution in [0.4, 0.5) is 0 Å². The first-order valence-corrected chi connectivity index (χ1v) is 20.6. The molecule has 18 nitrogen and oxygen atoms in total. The zero-order valence-electron chi connectivity index (χ0n) is 23.5. The Balaban J connectivity index is 0.000000422. The highest BCUT2D eigenvalue weighted by atomic mass is 32.2. The van der Waals surface area contributed by atoms with Gasteiger partial charge in [-0.2, -0.15) is 42.1 Å². The smallest absolute Gasteiger partial charge is 0.264 e. The number of hydrogen-bond donors (Lipinski definition) is 0. The summed E-state index contributed by atoms with van der Waals surface area (Å²) in [5, 5.41) is 3.42. The number of rotatable bonds is 11. The maximum Gasteiger partial charge on any atom is 0.265 e. The van der Waals surface area contributed by atoms with Gasteiger partial charge in [-0.1, -0.05) is 28.4 Å². The summed E-state index contributed by atoms with van der Waals surface area (Å²) >= 11 is 0. The highest BCUT2D eigenvalue weighted by Gasteiger charge is 2.41. The van der Waals surface area contributed by atoms with Gasteiger partial charge in [0.2, 0.25) is 0 Å². The van der Waals surface area contributed by atoms with Crippen molar-refractivity contribution in [2.24, 2.45) is 5.11 Å². The predicted molar refractivity (Wildman–Crippen MR) is 148 cm³/mol. The van der Waals surface area contributed by atoms with E-state index in [0.29, 0.717) is 11.1 Å². The van der Waals surface area contributed by atoms with Crippen LogP contribution in [0.25, 0.3) is 10.4 Å². The van der Waals surface area contributed by atoms with Gasteiger partial charge in [0.15, 0.2) is 0 Å². The van der Waals surface area contributed by atoms with Crippen LogP contribution in [0.5, 0.6) is 0 Å². The Bertz CT molecular complexity index is 1640. The van der Waals surface area contributed by atoms with Gasteiger partial charge in [-0.25, -0.2) is 0 Å². The van der Waals surface area contributed by atoms with Crippen LogP contribution in [0.1, 0.15) is 26.7 Å². The van der Waals surface area contributed by atoms with E-state index in [-0.39, 0.29) is 12.8 Å². The molecule has 0 spiro atoms. The van der Waals surface area contributed by atoms with Crippen molar-refractivity contribution >= 4 is 50.6 Å². The average Bonchev–Trinajstić information content (AvgIpc) is 2.69. The van der Waals surface area contributed by atoms with E-state index in [1.165, 1.54) is 12.2 Å². The van der Waals surface area contributed by atoms with Crippen molar-refractivity contribution < 1.29 is 63.0 Å². The van der Waals surface area contributed by atoms with E-state index in [9.17, 15) is 42.1 Å². The molecule has 42 heavy (non-hydrogen) atoms. The van der Waals surface area contributed by atoms with Crippen LogP contribution in [-0.4, -0.2) is 110 Å². The molecular weight excluding hydrogens is 671 g/mol. The second kappa shape index (κ2) is 14.4. The molecule has 0 aromatic carbocycles. The molecule has 0 heterocycles. The summed E-state index contributed by atoms with van der Waals surface area (Å²) in [6.45, 7) is 3.29. The minimum Gasteiger partial charge on any atom is -0.264 e. The molecule has 2 aliphatic rings. The molecule has 0 fully saturated rings. The zero-order chi connectivity index (χ0) is 32.9. The van der Waals surface area contributed by atoms with Crippen LogP contribution < -0.4 is 0 Å². The van der Waals surface area contributed by atoms with Gasteiger partial charge in [0, 0.05) is 4.91 Å². The third-order valence-corrected chi connectivity index (χ3v) is 7.89. The first kappa shape index (κ1) is 38.4. The summed E-state index contributed by atoms with van der Waals surface area (Å²) in [6, 6.07) is -0.963. The molecule has 23 heteroatoms. The van der Waals surface area contributed by atoms with Crippen molar-refractivity contribution in [2.45, 2.75) is 63.3 Å². The molecule has 0 unspecified atom stereocenters. The van der Waals surface area contributed by atoms with Crippen LogP contribution in [0, 0.1) is 0 Å².